The maximum atomic E-state index is 11.8. The monoisotopic (exact) mass is 315 g/mol. The van der Waals surface area contributed by atoms with Crippen LogP contribution in [0.4, 0.5) is 0 Å². The van der Waals surface area contributed by atoms with Crippen LogP contribution in [0, 0.1) is 6.92 Å². The van der Waals surface area contributed by atoms with E-state index in [-0.39, 0.29) is 5.75 Å². The van der Waals surface area contributed by atoms with Crippen LogP contribution in [0.1, 0.15) is 16.7 Å². The van der Waals surface area contributed by atoms with E-state index in [2.05, 4.69) is 11.5 Å². The Morgan fingerprint density at radius 3 is 2.78 bits per heavy atom. The number of benzene rings is 1. The molecule has 1 aliphatic rings. The van der Waals surface area contributed by atoms with E-state index in [0.717, 1.165) is 29.6 Å². The molecule has 122 valence electrons. The number of allylic oxidation sites excluding steroid dienone is 1. The van der Waals surface area contributed by atoms with Gasteiger partial charge in [-0.3, -0.25) is 4.90 Å². The van der Waals surface area contributed by atoms with Gasteiger partial charge in [0, 0.05) is 36.7 Å². The molecule has 3 rings (SSSR count). The first-order chi connectivity index (χ1) is 11.1. The summed E-state index contributed by atoms with van der Waals surface area (Å²) >= 11 is 0. The van der Waals surface area contributed by atoms with Gasteiger partial charge in [0.25, 0.3) is 0 Å². The molecule has 0 radical (unpaired) electrons. The van der Waals surface area contributed by atoms with Crippen molar-refractivity contribution in [1.29, 1.82) is 0 Å². The van der Waals surface area contributed by atoms with Crippen molar-refractivity contribution in [3.8, 4) is 5.75 Å². The van der Waals surface area contributed by atoms with E-state index < -0.39 is 5.63 Å². The van der Waals surface area contributed by atoms with Gasteiger partial charge < -0.3 is 14.3 Å². The van der Waals surface area contributed by atoms with E-state index in [9.17, 15) is 9.90 Å². The predicted octanol–water partition coefficient (Wildman–Crippen LogP) is 2.37. The smallest absolute Gasteiger partial charge is 0.336 e. The molecule has 1 aliphatic heterocycles. The van der Waals surface area contributed by atoms with Crippen LogP contribution in [0.3, 0.4) is 0 Å². The van der Waals surface area contributed by atoms with Crippen LogP contribution in [-0.4, -0.2) is 36.3 Å². The molecule has 0 aliphatic carbocycles. The van der Waals surface area contributed by atoms with Crippen molar-refractivity contribution in [1.82, 2.24) is 4.90 Å². The van der Waals surface area contributed by atoms with Crippen molar-refractivity contribution >= 4 is 11.0 Å². The van der Waals surface area contributed by atoms with E-state index >= 15 is 0 Å². The van der Waals surface area contributed by atoms with Gasteiger partial charge in [0.15, 0.2) is 0 Å². The number of ether oxygens (including phenoxy) is 1. The summed E-state index contributed by atoms with van der Waals surface area (Å²) in [5.41, 5.74) is 2.52. The summed E-state index contributed by atoms with van der Waals surface area (Å²) in [7, 11) is 0. The number of phenolic OH excluding ortho intramolecular Hbond substituents is 1. The second-order valence-corrected chi connectivity index (χ2v) is 5.87. The summed E-state index contributed by atoms with van der Waals surface area (Å²) in [5.74, 6) is 0.148. The molecule has 0 atom stereocenters. The van der Waals surface area contributed by atoms with Crippen LogP contribution in [0.25, 0.3) is 11.0 Å². The quantitative estimate of drug-likeness (QED) is 0.693. The maximum Gasteiger partial charge on any atom is 0.336 e. The third-order valence-corrected chi connectivity index (χ3v) is 4.22. The minimum atomic E-state index is -0.400. The van der Waals surface area contributed by atoms with Crippen LogP contribution in [0.15, 0.2) is 34.0 Å². The largest absolute Gasteiger partial charge is 0.508 e. The zero-order valence-corrected chi connectivity index (χ0v) is 13.3. The van der Waals surface area contributed by atoms with Gasteiger partial charge in [-0.1, -0.05) is 6.08 Å². The first kappa shape index (κ1) is 15.8. The molecule has 0 saturated carbocycles. The highest BCUT2D eigenvalue weighted by Crippen LogP contribution is 2.33. The summed E-state index contributed by atoms with van der Waals surface area (Å²) in [5, 5.41) is 11.3. The minimum absolute atomic E-state index is 0.148. The molecule has 1 fully saturated rings. The normalized spacial score (nSPS) is 15.9. The van der Waals surface area contributed by atoms with Crippen LogP contribution in [-0.2, 0) is 17.7 Å². The second-order valence-electron chi connectivity index (χ2n) is 5.87. The molecule has 1 saturated heterocycles. The first-order valence-electron chi connectivity index (χ1n) is 7.79. The topological polar surface area (TPSA) is 62.9 Å². The molecule has 2 aromatic rings. The summed E-state index contributed by atoms with van der Waals surface area (Å²) in [6.07, 6.45) is 2.14. The Bertz CT molecular complexity index is 788. The molecule has 0 unspecified atom stereocenters. The molecule has 2 heterocycles. The van der Waals surface area contributed by atoms with E-state index in [1.54, 1.807) is 12.1 Å². The summed E-state index contributed by atoms with van der Waals surface area (Å²) in [4.78, 5) is 14.0. The third-order valence-electron chi connectivity index (χ3n) is 4.22. The Kier molecular flexibility index (Phi) is 4.50. The molecule has 0 amide bonds. The molecule has 1 N–H and O–H groups in total. The van der Waals surface area contributed by atoms with Crippen LogP contribution in [0.5, 0.6) is 5.75 Å². The first-order valence-corrected chi connectivity index (χ1v) is 7.79. The number of hydrogen-bond donors (Lipinski definition) is 1. The molecule has 23 heavy (non-hydrogen) atoms. The Hall–Kier alpha value is -2.11. The Labute approximate surface area is 134 Å². The molecule has 1 aromatic heterocycles. The van der Waals surface area contributed by atoms with E-state index in [1.807, 2.05) is 6.92 Å². The summed E-state index contributed by atoms with van der Waals surface area (Å²) < 4.78 is 10.8. The number of phenols is 1. The van der Waals surface area contributed by atoms with Crippen LogP contribution in [0.2, 0.25) is 0 Å². The number of morpholine rings is 1. The second kappa shape index (κ2) is 6.56. The van der Waals surface area contributed by atoms with Crippen molar-refractivity contribution in [2.75, 3.05) is 26.3 Å². The van der Waals surface area contributed by atoms with Crippen LogP contribution >= 0.6 is 0 Å². The Balaban J connectivity index is 2.15. The van der Waals surface area contributed by atoms with Gasteiger partial charge in [-0.25, -0.2) is 4.79 Å². The average molecular weight is 315 g/mol. The highest BCUT2D eigenvalue weighted by Gasteiger charge is 2.19. The number of fused-ring (bicyclic) bond motifs is 1. The summed E-state index contributed by atoms with van der Waals surface area (Å²) in [6.45, 7) is 9.44. The van der Waals surface area contributed by atoms with Gasteiger partial charge in [0.1, 0.15) is 11.3 Å². The molecular formula is C18H21NO4. The lowest BCUT2D eigenvalue weighted by molar-refractivity contribution is 0.0343. The van der Waals surface area contributed by atoms with Crippen molar-refractivity contribution in [3.63, 3.8) is 0 Å². The zero-order chi connectivity index (χ0) is 16.4. The fourth-order valence-electron chi connectivity index (χ4n) is 3.13. The lowest BCUT2D eigenvalue weighted by atomic mass is 9.98. The molecule has 5 nitrogen and oxygen atoms in total. The molecule has 0 spiro atoms. The number of nitrogens with zero attached hydrogens (tertiary/aromatic N) is 1. The van der Waals surface area contributed by atoms with Gasteiger partial charge >= 0.3 is 5.63 Å². The van der Waals surface area contributed by atoms with Gasteiger partial charge in [-0.2, -0.15) is 0 Å². The molecular weight excluding hydrogens is 294 g/mol. The fourth-order valence-corrected chi connectivity index (χ4v) is 3.13. The number of aromatic hydroxyl groups is 1. The van der Waals surface area contributed by atoms with Crippen molar-refractivity contribution < 1.29 is 14.3 Å². The minimum Gasteiger partial charge on any atom is -0.508 e. The number of aryl methyl sites for hydroxylation is 1. The van der Waals surface area contributed by atoms with Gasteiger partial charge in [-0.15, -0.1) is 6.58 Å². The lowest BCUT2D eigenvalue weighted by Crippen LogP contribution is -2.35. The fraction of sp³-hybridized carbons (Fsp3) is 0.389. The highest BCUT2D eigenvalue weighted by molar-refractivity contribution is 5.88. The van der Waals surface area contributed by atoms with Crippen LogP contribution < -0.4 is 5.63 Å². The zero-order valence-electron chi connectivity index (χ0n) is 13.3. The standard InChI is InChI=1S/C18H21NO4/c1-3-4-14-15(20)10-13(11-19-5-7-22-8-6-19)17-12(2)9-16(21)23-18(14)17/h3,9-10,20H,1,4-8,11H2,2H3. The highest BCUT2D eigenvalue weighted by atomic mass is 16.5. The van der Waals surface area contributed by atoms with E-state index in [4.69, 9.17) is 9.15 Å². The number of rotatable bonds is 4. The Morgan fingerprint density at radius 1 is 1.35 bits per heavy atom. The van der Waals surface area contributed by atoms with Crippen molar-refractivity contribution in [2.24, 2.45) is 0 Å². The molecule has 1 aromatic carbocycles. The average Bonchev–Trinajstić information content (AvgIpc) is 2.51. The van der Waals surface area contributed by atoms with Crippen molar-refractivity contribution in [3.05, 3.63) is 51.9 Å². The van der Waals surface area contributed by atoms with E-state index in [0.29, 0.717) is 37.3 Å². The van der Waals surface area contributed by atoms with E-state index in [1.165, 1.54) is 6.07 Å². The van der Waals surface area contributed by atoms with Gasteiger partial charge in [-0.05, 0) is 30.5 Å². The van der Waals surface area contributed by atoms with Crippen molar-refractivity contribution in [2.45, 2.75) is 19.9 Å². The predicted molar refractivity (Wildman–Crippen MR) is 88.9 cm³/mol. The maximum absolute atomic E-state index is 11.8. The molecule has 0 bridgehead atoms. The SMILES string of the molecule is C=CCc1c(O)cc(CN2CCOCC2)c2c(C)cc(=O)oc12. The third kappa shape index (κ3) is 3.16. The summed E-state index contributed by atoms with van der Waals surface area (Å²) in [6, 6.07) is 3.28. The van der Waals surface area contributed by atoms with Gasteiger partial charge in [0.05, 0.1) is 13.2 Å². The molecule has 5 heteroatoms. The lowest BCUT2D eigenvalue weighted by Gasteiger charge is -2.27. The van der Waals surface area contributed by atoms with Gasteiger partial charge in [0.2, 0.25) is 0 Å². The Morgan fingerprint density at radius 2 is 2.09 bits per heavy atom. The number of hydrogen-bond acceptors (Lipinski definition) is 5.